The summed E-state index contributed by atoms with van der Waals surface area (Å²) in [4.78, 5) is 37.4. The van der Waals surface area contributed by atoms with E-state index in [-0.39, 0.29) is 26.1 Å². The average Bonchev–Trinajstić information content (AvgIpc) is 3.12. The van der Waals surface area contributed by atoms with Crippen LogP contribution in [-0.4, -0.2) is 70.0 Å². The van der Waals surface area contributed by atoms with Crippen molar-refractivity contribution in [1.82, 2.24) is 0 Å². The van der Waals surface area contributed by atoms with Gasteiger partial charge in [0.05, 0.1) is 27.7 Å². The Balaban J connectivity index is 4.47. The largest absolute Gasteiger partial charge is 0.756 e. The second kappa shape index (κ2) is 36.6. The molecule has 0 aliphatic carbocycles. The highest BCUT2D eigenvalue weighted by Gasteiger charge is 2.21. The minimum atomic E-state index is -4.63. The van der Waals surface area contributed by atoms with Crippen LogP contribution < -0.4 is 4.89 Å². The summed E-state index contributed by atoms with van der Waals surface area (Å²) in [6.07, 6.45) is 41.4. The Kier molecular flexibility index (Phi) is 35.2. The maximum atomic E-state index is 12.6. The molecule has 0 aliphatic rings. The van der Waals surface area contributed by atoms with Crippen molar-refractivity contribution in [2.75, 3.05) is 47.5 Å². The second-order valence-electron chi connectivity index (χ2n) is 15.3. The van der Waals surface area contributed by atoms with E-state index in [2.05, 4.69) is 62.5 Å². The van der Waals surface area contributed by atoms with Gasteiger partial charge >= 0.3 is 11.9 Å². The van der Waals surface area contributed by atoms with E-state index in [4.69, 9.17) is 18.5 Å². The number of allylic oxidation sites excluding steroid dienone is 8. The number of hydrogen-bond donors (Lipinski definition) is 0. The van der Waals surface area contributed by atoms with Gasteiger partial charge in [0.15, 0.2) is 6.10 Å². The number of phosphoric ester groups is 1. The van der Waals surface area contributed by atoms with Gasteiger partial charge in [-0.05, 0) is 77.0 Å². The highest BCUT2D eigenvalue weighted by Crippen LogP contribution is 2.38. The highest BCUT2D eigenvalue weighted by molar-refractivity contribution is 7.45. The number of unbranched alkanes of at least 4 members (excludes halogenated alkanes) is 16. The molecule has 0 radical (unpaired) electrons. The average molecular weight is 782 g/mol. The van der Waals surface area contributed by atoms with Gasteiger partial charge in [0.1, 0.15) is 19.8 Å². The first-order valence-electron chi connectivity index (χ1n) is 21.3. The maximum Gasteiger partial charge on any atom is 0.306 e. The quantitative estimate of drug-likeness (QED) is 0.0200. The molecule has 0 saturated carbocycles. The molecular weight excluding hydrogens is 701 g/mol. The molecule has 0 spiro atoms. The molecule has 9 nitrogen and oxygen atoms in total. The fourth-order valence-electron chi connectivity index (χ4n) is 5.42. The molecular formula is C44H80NO8P. The monoisotopic (exact) mass is 782 g/mol. The molecule has 0 bridgehead atoms. The third kappa shape index (κ3) is 39.7. The van der Waals surface area contributed by atoms with Crippen molar-refractivity contribution in [3.63, 3.8) is 0 Å². The number of phosphoric acid groups is 1. The van der Waals surface area contributed by atoms with Crippen molar-refractivity contribution in [2.45, 2.75) is 174 Å². The SMILES string of the molecule is CCCCC/C=C\C/C=C\C/C=C\CCCCC(=O)OCC(COP(=O)([O-])OCC[N+](C)(C)C)OC(=O)CCCCCCC/C=C\CCCCCCCC. The van der Waals surface area contributed by atoms with E-state index in [1.807, 2.05) is 21.1 Å². The summed E-state index contributed by atoms with van der Waals surface area (Å²) in [5.74, 6) is -0.892. The number of carbonyl (C=O) groups is 2. The zero-order chi connectivity index (χ0) is 40.0. The third-order valence-electron chi connectivity index (χ3n) is 8.82. The summed E-state index contributed by atoms with van der Waals surface area (Å²) in [6, 6.07) is 0. The molecule has 0 N–H and O–H groups in total. The van der Waals surface area contributed by atoms with Crippen molar-refractivity contribution in [3.8, 4) is 0 Å². The van der Waals surface area contributed by atoms with Gasteiger partial charge in [-0.3, -0.25) is 14.2 Å². The number of nitrogens with zero attached hydrogens (tertiary/aromatic N) is 1. The fourth-order valence-corrected chi connectivity index (χ4v) is 6.15. The second-order valence-corrected chi connectivity index (χ2v) is 16.8. The number of hydrogen-bond acceptors (Lipinski definition) is 8. The normalized spacial score (nSPS) is 14.1. The molecule has 0 heterocycles. The van der Waals surface area contributed by atoms with Crippen molar-refractivity contribution in [3.05, 3.63) is 48.6 Å². The number of quaternary nitrogens is 1. The van der Waals surface area contributed by atoms with Gasteiger partial charge in [0, 0.05) is 12.8 Å². The smallest absolute Gasteiger partial charge is 0.306 e. The molecule has 0 fully saturated rings. The van der Waals surface area contributed by atoms with Crippen molar-refractivity contribution >= 4 is 19.8 Å². The summed E-state index contributed by atoms with van der Waals surface area (Å²) in [6.45, 7) is 4.13. The summed E-state index contributed by atoms with van der Waals surface area (Å²) in [7, 11) is 1.13. The van der Waals surface area contributed by atoms with Gasteiger partial charge in [-0.15, -0.1) is 0 Å². The van der Waals surface area contributed by atoms with Gasteiger partial charge in [-0.1, -0.05) is 127 Å². The fraction of sp³-hybridized carbons (Fsp3) is 0.773. The Morgan fingerprint density at radius 3 is 1.57 bits per heavy atom. The van der Waals surface area contributed by atoms with Crippen LogP contribution in [0.1, 0.15) is 168 Å². The van der Waals surface area contributed by atoms with E-state index < -0.39 is 32.5 Å². The molecule has 2 unspecified atom stereocenters. The van der Waals surface area contributed by atoms with Crippen LogP contribution in [0.2, 0.25) is 0 Å². The minimum absolute atomic E-state index is 0.0397. The maximum absolute atomic E-state index is 12.6. The van der Waals surface area contributed by atoms with E-state index in [1.165, 1.54) is 64.2 Å². The Morgan fingerprint density at radius 2 is 1.00 bits per heavy atom. The lowest BCUT2D eigenvalue weighted by molar-refractivity contribution is -0.870. The Labute approximate surface area is 331 Å². The number of rotatable bonds is 38. The molecule has 0 aromatic heterocycles. The van der Waals surface area contributed by atoms with Crippen molar-refractivity contribution in [2.24, 2.45) is 0 Å². The molecule has 314 valence electrons. The zero-order valence-electron chi connectivity index (χ0n) is 35.2. The predicted molar refractivity (Wildman–Crippen MR) is 222 cm³/mol. The predicted octanol–water partition coefficient (Wildman–Crippen LogP) is 11.3. The van der Waals surface area contributed by atoms with Crippen molar-refractivity contribution in [1.29, 1.82) is 0 Å². The van der Waals surface area contributed by atoms with Crippen molar-refractivity contribution < 1.29 is 42.1 Å². The molecule has 0 aromatic rings. The Hall–Kier alpha value is -2.03. The number of likely N-dealkylation sites (N-methyl/N-ethyl adjacent to an activating group) is 1. The third-order valence-corrected chi connectivity index (χ3v) is 9.79. The lowest BCUT2D eigenvalue weighted by atomic mass is 10.1. The molecule has 54 heavy (non-hydrogen) atoms. The number of ether oxygens (including phenoxy) is 2. The molecule has 2 atom stereocenters. The number of esters is 2. The summed E-state index contributed by atoms with van der Waals surface area (Å²) < 4.78 is 33.8. The molecule has 10 heteroatoms. The lowest BCUT2D eigenvalue weighted by Gasteiger charge is -2.28. The van der Waals surface area contributed by atoms with Crippen LogP contribution in [-0.2, 0) is 32.7 Å². The molecule has 0 amide bonds. The first kappa shape index (κ1) is 52.0. The molecule has 0 saturated heterocycles. The van der Waals surface area contributed by atoms with Crippen LogP contribution in [0.5, 0.6) is 0 Å². The van der Waals surface area contributed by atoms with E-state index in [9.17, 15) is 19.0 Å². The van der Waals surface area contributed by atoms with Crippen LogP contribution in [0.4, 0.5) is 0 Å². The van der Waals surface area contributed by atoms with E-state index in [0.717, 1.165) is 64.2 Å². The molecule has 0 aromatic carbocycles. The van der Waals surface area contributed by atoms with Crippen LogP contribution in [0.25, 0.3) is 0 Å². The lowest BCUT2D eigenvalue weighted by Crippen LogP contribution is -2.37. The highest BCUT2D eigenvalue weighted by atomic mass is 31.2. The summed E-state index contributed by atoms with van der Waals surface area (Å²) >= 11 is 0. The molecule has 0 rings (SSSR count). The summed E-state index contributed by atoms with van der Waals surface area (Å²) in [5.41, 5.74) is 0. The minimum Gasteiger partial charge on any atom is -0.756 e. The first-order valence-corrected chi connectivity index (χ1v) is 22.8. The first-order chi connectivity index (χ1) is 26.0. The zero-order valence-corrected chi connectivity index (χ0v) is 36.0. The standard InChI is InChI=1S/C44H80NO8P/c1-6-8-10-12-14-16-18-20-22-24-26-28-30-32-34-36-43(46)50-40-42(41-52-54(48,49)51-39-38-45(3,4)5)53-44(47)37-35-33-31-29-27-25-23-21-19-17-15-13-11-9-7-2/h14,16,20-23,26,28,42H,6-13,15,17-19,24-25,27,29-41H2,1-5H3/b16-14-,22-20-,23-21-,28-26-. The topological polar surface area (TPSA) is 111 Å². The van der Waals surface area contributed by atoms with Gasteiger partial charge in [-0.25, -0.2) is 0 Å². The molecule has 0 aliphatic heterocycles. The van der Waals surface area contributed by atoms with Gasteiger partial charge in [-0.2, -0.15) is 0 Å². The number of carbonyl (C=O) groups excluding carboxylic acids is 2. The Bertz CT molecular complexity index is 1070. The van der Waals surface area contributed by atoms with Gasteiger partial charge in [0.2, 0.25) is 0 Å². The van der Waals surface area contributed by atoms with Crippen LogP contribution in [0.3, 0.4) is 0 Å². The van der Waals surface area contributed by atoms with Crippen LogP contribution in [0.15, 0.2) is 48.6 Å². The van der Waals surface area contributed by atoms with Gasteiger partial charge in [0.25, 0.3) is 7.82 Å². The van der Waals surface area contributed by atoms with Gasteiger partial charge < -0.3 is 27.9 Å². The van der Waals surface area contributed by atoms with Crippen LogP contribution in [0, 0.1) is 0 Å². The van der Waals surface area contributed by atoms with Crippen LogP contribution >= 0.6 is 7.82 Å². The summed E-state index contributed by atoms with van der Waals surface area (Å²) in [5, 5.41) is 0. The Morgan fingerprint density at radius 1 is 0.574 bits per heavy atom. The van der Waals surface area contributed by atoms with E-state index in [1.54, 1.807) is 0 Å². The van der Waals surface area contributed by atoms with E-state index in [0.29, 0.717) is 23.9 Å². The van der Waals surface area contributed by atoms with E-state index >= 15 is 0 Å².